The van der Waals surface area contributed by atoms with Crippen molar-refractivity contribution in [3.05, 3.63) is 0 Å². The molecule has 0 aromatic rings. The van der Waals surface area contributed by atoms with Gasteiger partial charge < -0.3 is 14.2 Å². The smallest absolute Gasteiger partial charge is 0.104 e. The fourth-order valence-corrected chi connectivity index (χ4v) is 3.31. The standard InChI is InChI=1S/C20H40O3/c1-5-7-8-9-10-11-13-18(20(3,4)23-6-2)14-12-15-21-16-19-17-22-19/h18-19H,5-17H2,1-4H3. The maximum absolute atomic E-state index is 6.03. The van der Waals surface area contributed by atoms with E-state index >= 15 is 0 Å². The molecule has 0 bridgehead atoms. The lowest BCUT2D eigenvalue weighted by atomic mass is 9.82. The summed E-state index contributed by atoms with van der Waals surface area (Å²) in [5, 5.41) is 0. The minimum atomic E-state index is -0.0161. The summed E-state index contributed by atoms with van der Waals surface area (Å²) in [6, 6.07) is 0. The molecular formula is C20H40O3. The van der Waals surface area contributed by atoms with E-state index in [9.17, 15) is 0 Å². The maximum atomic E-state index is 6.03. The highest BCUT2D eigenvalue weighted by Gasteiger charge is 2.29. The van der Waals surface area contributed by atoms with Gasteiger partial charge in [-0.3, -0.25) is 0 Å². The number of epoxide rings is 1. The van der Waals surface area contributed by atoms with Crippen LogP contribution in [-0.2, 0) is 14.2 Å². The van der Waals surface area contributed by atoms with Crippen LogP contribution < -0.4 is 0 Å². The molecule has 1 saturated heterocycles. The number of hydrogen-bond donors (Lipinski definition) is 0. The molecule has 23 heavy (non-hydrogen) atoms. The molecule has 1 heterocycles. The second-order valence-electron chi connectivity index (χ2n) is 7.46. The average Bonchev–Trinajstić information content (AvgIpc) is 3.32. The first-order valence-corrected chi connectivity index (χ1v) is 9.93. The van der Waals surface area contributed by atoms with Gasteiger partial charge in [0.15, 0.2) is 0 Å². The third kappa shape index (κ3) is 10.4. The van der Waals surface area contributed by atoms with E-state index in [0.717, 1.165) is 32.8 Å². The highest BCUT2D eigenvalue weighted by atomic mass is 16.6. The van der Waals surface area contributed by atoms with Crippen LogP contribution in [0.25, 0.3) is 0 Å². The molecule has 0 amide bonds. The second-order valence-corrected chi connectivity index (χ2v) is 7.46. The van der Waals surface area contributed by atoms with Crippen molar-refractivity contribution in [1.29, 1.82) is 0 Å². The Morgan fingerprint density at radius 3 is 2.30 bits per heavy atom. The fraction of sp³-hybridized carbons (Fsp3) is 1.00. The van der Waals surface area contributed by atoms with E-state index in [0.29, 0.717) is 12.0 Å². The van der Waals surface area contributed by atoms with Gasteiger partial charge in [0, 0.05) is 13.2 Å². The van der Waals surface area contributed by atoms with Gasteiger partial charge in [0.2, 0.25) is 0 Å². The summed E-state index contributed by atoms with van der Waals surface area (Å²) in [5.41, 5.74) is -0.0161. The molecule has 1 fully saturated rings. The maximum Gasteiger partial charge on any atom is 0.104 e. The molecule has 0 aromatic heterocycles. The van der Waals surface area contributed by atoms with E-state index in [4.69, 9.17) is 14.2 Å². The van der Waals surface area contributed by atoms with E-state index in [-0.39, 0.29) is 5.60 Å². The number of ether oxygens (including phenoxy) is 3. The fourth-order valence-electron chi connectivity index (χ4n) is 3.31. The molecule has 2 unspecified atom stereocenters. The number of hydrogen-bond acceptors (Lipinski definition) is 3. The Morgan fingerprint density at radius 1 is 1.00 bits per heavy atom. The van der Waals surface area contributed by atoms with Gasteiger partial charge in [-0.2, -0.15) is 0 Å². The van der Waals surface area contributed by atoms with Crippen LogP contribution in [-0.4, -0.2) is 38.1 Å². The van der Waals surface area contributed by atoms with Crippen LogP contribution in [0.5, 0.6) is 0 Å². The molecule has 0 aromatic carbocycles. The monoisotopic (exact) mass is 328 g/mol. The summed E-state index contributed by atoms with van der Waals surface area (Å²) < 4.78 is 16.9. The van der Waals surface area contributed by atoms with Gasteiger partial charge in [-0.25, -0.2) is 0 Å². The highest BCUT2D eigenvalue weighted by Crippen LogP contribution is 2.30. The van der Waals surface area contributed by atoms with E-state index in [1.165, 1.54) is 51.4 Å². The number of rotatable bonds is 16. The predicted molar refractivity (Wildman–Crippen MR) is 97.0 cm³/mol. The summed E-state index contributed by atoms with van der Waals surface area (Å²) in [7, 11) is 0. The van der Waals surface area contributed by atoms with Crippen LogP contribution >= 0.6 is 0 Å². The van der Waals surface area contributed by atoms with Crippen molar-refractivity contribution in [2.45, 2.75) is 97.2 Å². The molecule has 0 radical (unpaired) electrons. The molecule has 0 N–H and O–H groups in total. The first-order valence-electron chi connectivity index (χ1n) is 9.93. The Labute approximate surface area is 144 Å². The quantitative estimate of drug-likeness (QED) is 0.282. The van der Waals surface area contributed by atoms with Gasteiger partial charge >= 0.3 is 0 Å². The van der Waals surface area contributed by atoms with Gasteiger partial charge in [-0.1, -0.05) is 45.4 Å². The topological polar surface area (TPSA) is 31.0 Å². The molecule has 1 aliphatic heterocycles. The third-order valence-electron chi connectivity index (χ3n) is 4.95. The van der Waals surface area contributed by atoms with Gasteiger partial charge in [-0.15, -0.1) is 0 Å². The second kappa shape index (κ2) is 12.3. The zero-order chi connectivity index (χ0) is 17.0. The molecule has 3 nitrogen and oxygen atoms in total. The normalized spacial score (nSPS) is 19.0. The Balaban J connectivity index is 2.20. The van der Waals surface area contributed by atoms with Crippen molar-refractivity contribution in [3.8, 4) is 0 Å². The summed E-state index contributed by atoms with van der Waals surface area (Å²) in [6.45, 7) is 12.2. The van der Waals surface area contributed by atoms with Crippen molar-refractivity contribution >= 4 is 0 Å². The minimum absolute atomic E-state index is 0.0161. The van der Waals surface area contributed by atoms with Crippen LogP contribution in [0.15, 0.2) is 0 Å². The largest absolute Gasteiger partial charge is 0.379 e. The van der Waals surface area contributed by atoms with Crippen LogP contribution in [0, 0.1) is 5.92 Å². The average molecular weight is 329 g/mol. The van der Waals surface area contributed by atoms with Crippen LogP contribution in [0.1, 0.15) is 85.5 Å². The zero-order valence-corrected chi connectivity index (χ0v) is 16.1. The summed E-state index contributed by atoms with van der Waals surface area (Å²) in [5.74, 6) is 0.634. The molecule has 0 spiro atoms. The lowest BCUT2D eigenvalue weighted by molar-refractivity contribution is -0.0619. The lowest BCUT2D eigenvalue weighted by Gasteiger charge is -2.34. The van der Waals surface area contributed by atoms with Crippen LogP contribution in [0.3, 0.4) is 0 Å². The van der Waals surface area contributed by atoms with E-state index in [1.54, 1.807) is 0 Å². The number of unbranched alkanes of at least 4 members (excludes halogenated alkanes) is 5. The first kappa shape index (κ1) is 20.9. The Bertz CT molecular complexity index is 274. The van der Waals surface area contributed by atoms with Crippen molar-refractivity contribution in [2.24, 2.45) is 5.92 Å². The van der Waals surface area contributed by atoms with Crippen molar-refractivity contribution in [3.63, 3.8) is 0 Å². The van der Waals surface area contributed by atoms with Crippen molar-refractivity contribution in [1.82, 2.24) is 0 Å². The van der Waals surface area contributed by atoms with Crippen molar-refractivity contribution in [2.75, 3.05) is 26.4 Å². The minimum Gasteiger partial charge on any atom is -0.379 e. The molecule has 1 aliphatic rings. The molecule has 0 aliphatic carbocycles. The Kier molecular flexibility index (Phi) is 11.2. The van der Waals surface area contributed by atoms with E-state index in [2.05, 4.69) is 27.7 Å². The van der Waals surface area contributed by atoms with Gasteiger partial charge in [0.1, 0.15) is 6.10 Å². The molecule has 1 rings (SSSR count). The van der Waals surface area contributed by atoms with Gasteiger partial charge in [0.25, 0.3) is 0 Å². The summed E-state index contributed by atoms with van der Waals surface area (Å²) in [6.07, 6.45) is 12.2. The molecular weight excluding hydrogens is 288 g/mol. The zero-order valence-electron chi connectivity index (χ0n) is 16.1. The van der Waals surface area contributed by atoms with Crippen LogP contribution in [0.4, 0.5) is 0 Å². The summed E-state index contributed by atoms with van der Waals surface area (Å²) in [4.78, 5) is 0. The lowest BCUT2D eigenvalue weighted by Crippen LogP contribution is -2.35. The van der Waals surface area contributed by atoms with Crippen molar-refractivity contribution < 1.29 is 14.2 Å². The Morgan fingerprint density at radius 2 is 1.65 bits per heavy atom. The van der Waals surface area contributed by atoms with Gasteiger partial charge in [-0.05, 0) is 46.0 Å². The Hall–Kier alpha value is -0.120. The third-order valence-corrected chi connectivity index (χ3v) is 4.95. The molecule has 138 valence electrons. The van der Waals surface area contributed by atoms with E-state index < -0.39 is 0 Å². The SMILES string of the molecule is CCCCCCCCC(CCCOCC1CO1)C(C)(C)OCC. The molecule has 2 atom stereocenters. The summed E-state index contributed by atoms with van der Waals surface area (Å²) >= 11 is 0. The molecule has 3 heteroatoms. The highest BCUT2D eigenvalue weighted by molar-refractivity contribution is 4.80. The first-order chi connectivity index (χ1) is 11.1. The van der Waals surface area contributed by atoms with E-state index in [1.807, 2.05) is 0 Å². The van der Waals surface area contributed by atoms with Crippen LogP contribution in [0.2, 0.25) is 0 Å². The molecule has 0 saturated carbocycles. The predicted octanol–water partition coefficient (Wildman–Crippen LogP) is 5.36. The van der Waals surface area contributed by atoms with Gasteiger partial charge in [0.05, 0.1) is 18.8 Å².